The second-order valence-corrected chi connectivity index (χ2v) is 6.34. The summed E-state index contributed by atoms with van der Waals surface area (Å²) in [6.45, 7) is 0. The molecule has 0 radical (unpaired) electrons. The molecule has 0 aliphatic rings. The van der Waals surface area contributed by atoms with E-state index in [1.165, 1.54) is 9.79 Å². The summed E-state index contributed by atoms with van der Waals surface area (Å²) in [6, 6.07) is 27.7. The van der Waals surface area contributed by atoms with Gasteiger partial charge < -0.3 is 4.74 Å². The third-order valence-electron chi connectivity index (χ3n) is 3.26. The van der Waals surface area contributed by atoms with Crippen LogP contribution in [-0.2, 0) is 0 Å². The zero-order valence-electron chi connectivity index (χ0n) is 14.1. The second-order valence-electron chi connectivity index (χ2n) is 5.20. The minimum Gasteiger partial charge on any atom is -0.457 e. The third-order valence-corrected chi connectivity index (χ3v) is 4.27. The first-order valence-electron chi connectivity index (χ1n) is 8.16. The Morgan fingerprint density at radius 1 is 0.500 bits per heavy atom. The molecule has 0 unspecified atom stereocenters. The number of hydrogen-bond acceptors (Lipinski definition) is 4. The normalized spacial score (nSPS) is 9.69. The van der Waals surface area contributed by atoms with Crippen molar-refractivity contribution in [2.75, 3.05) is 0 Å². The molecule has 0 N–H and O–H groups in total. The fourth-order valence-electron chi connectivity index (χ4n) is 2.06. The van der Waals surface area contributed by atoms with Gasteiger partial charge in [-0.25, -0.2) is 0 Å². The van der Waals surface area contributed by atoms with Gasteiger partial charge in [-0.3, -0.25) is 9.97 Å². The first-order valence-corrected chi connectivity index (χ1v) is 8.98. The maximum absolute atomic E-state index is 5.54. The number of aromatic nitrogens is 2. The number of pyridine rings is 2. The quantitative estimate of drug-likeness (QED) is 0.441. The lowest BCUT2D eigenvalue weighted by atomic mass is 10.3. The summed E-state index contributed by atoms with van der Waals surface area (Å²) < 4.78 is 5.54. The van der Waals surface area contributed by atoms with Crippen molar-refractivity contribution in [3.8, 4) is 11.5 Å². The van der Waals surface area contributed by atoms with Gasteiger partial charge in [0.1, 0.15) is 11.5 Å². The fourth-order valence-corrected chi connectivity index (χ4v) is 2.88. The van der Waals surface area contributed by atoms with Crippen LogP contribution in [0.1, 0.15) is 0 Å². The molecule has 2 aromatic carbocycles. The number of hydrogen-bond donors (Lipinski definition) is 0. The van der Waals surface area contributed by atoms with Crippen molar-refractivity contribution in [2.24, 2.45) is 0 Å². The molecular formula is C22H18N2OS. The molecule has 0 aliphatic carbocycles. The lowest BCUT2D eigenvalue weighted by molar-refractivity contribution is 0.482. The zero-order valence-corrected chi connectivity index (χ0v) is 14.9. The summed E-state index contributed by atoms with van der Waals surface area (Å²) in [4.78, 5) is 10.4. The molecule has 3 nitrogen and oxygen atoms in total. The molecule has 2 aromatic heterocycles. The predicted molar refractivity (Wildman–Crippen MR) is 106 cm³/mol. The van der Waals surface area contributed by atoms with E-state index in [2.05, 4.69) is 22.1 Å². The Bertz CT molecular complexity index is 721. The maximum atomic E-state index is 5.54. The van der Waals surface area contributed by atoms with Crippen LogP contribution in [0, 0.1) is 0 Å². The summed E-state index contributed by atoms with van der Waals surface area (Å²) in [6.07, 6.45) is 7.03. The van der Waals surface area contributed by atoms with Crippen LogP contribution in [0.3, 0.4) is 0 Å². The molecule has 0 spiro atoms. The lowest BCUT2D eigenvalue weighted by Crippen LogP contribution is -1.82. The molecular weight excluding hydrogens is 340 g/mol. The van der Waals surface area contributed by atoms with E-state index in [0.29, 0.717) is 0 Å². The molecule has 26 heavy (non-hydrogen) atoms. The zero-order chi connectivity index (χ0) is 17.9. The number of benzene rings is 2. The molecule has 4 rings (SSSR count). The van der Waals surface area contributed by atoms with Crippen molar-refractivity contribution >= 4 is 11.8 Å². The van der Waals surface area contributed by atoms with E-state index in [1.54, 1.807) is 24.2 Å². The van der Waals surface area contributed by atoms with Crippen LogP contribution in [0.25, 0.3) is 0 Å². The van der Waals surface area contributed by atoms with Gasteiger partial charge in [-0.15, -0.1) is 0 Å². The van der Waals surface area contributed by atoms with Crippen LogP contribution in [-0.4, -0.2) is 9.97 Å². The smallest absolute Gasteiger partial charge is 0.130 e. The average molecular weight is 358 g/mol. The Hall–Kier alpha value is -3.11. The summed E-state index contributed by atoms with van der Waals surface area (Å²) in [7, 11) is 0. The standard InChI is InChI=1S/C11H9NO.C11H9NS/c2*1-2-4-10(5-3-1)13-11-6-8-12-9-7-11/h2*1-9H. The van der Waals surface area contributed by atoms with E-state index in [0.717, 1.165) is 11.5 Å². The highest BCUT2D eigenvalue weighted by Gasteiger charge is 1.94. The summed E-state index contributed by atoms with van der Waals surface area (Å²) in [5.74, 6) is 1.65. The Balaban J connectivity index is 0.000000151. The average Bonchev–Trinajstić information content (AvgIpc) is 2.72. The van der Waals surface area contributed by atoms with Crippen molar-refractivity contribution in [3.05, 3.63) is 110 Å². The first-order chi connectivity index (χ1) is 12.9. The molecule has 0 bridgehead atoms. The van der Waals surface area contributed by atoms with Crippen LogP contribution in [0.5, 0.6) is 11.5 Å². The highest BCUT2D eigenvalue weighted by atomic mass is 32.2. The predicted octanol–water partition coefficient (Wildman–Crippen LogP) is 6.11. The van der Waals surface area contributed by atoms with Gasteiger partial charge in [-0.1, -0.05) is 48.2 Å². The van der Waals surface area contributed by atoms with Gasteiger partial charge in [0.05, 0.1) is 0 Å². The minimum absolute atomic E-state index is 0.807. The summed E-state index contributed by atoms with van der Waals surface area (Å²) >= 11 is 1.75. The maximum Gasteiger partial charge on any atom is 0.130 e. The summed E-state index contributed by atoms with van der Waals surface area (Å²) in [5.41, 5.74) is 0. The van der Waals surface area contributed by atoms with Gasteiger partial charge in [0.15, 0.2) is 0 Å². The van der Waals surface area contributed by atoms with Crippen LogP contribution in [0.4, 0.5) is 0 Å². The van der Waals surface area contributed by atoms with Crippen molar-refractivity contribution in [1.82, 2.24) is 9.97 Å². The van der Waals surface area contributed by atoms with Crippen LogP contribution in [0.15, 0.2) is 120 Å². The highest BCUT2D eigenvalue weighted by molar-refractivity contribution is 7.99. The molecule has 0 atom stereocenters. The monoisotopic (exact) mass is 358 g/mol. The summed E-state index contributed by atoms with van der Waals surface area (Å²) in [5, 5.41) is 0. The van der Waals surface area contributed by atoms with Crippen LogP contribution in [0.2, 0.25) is 0 Å². The number of ether oxygens (including phenoxy) is 1. The van der Waals surface area contributed by atoms with Crippen molar-refractivity contribution < 1.29 is 4.74 Å². The molecule has 0 saturated carbocycles. The van der Waals surface area contributed by atoms with Crippen molar-refractivity contribution in [2.45, 2.75) is 9.79 Å². The topological polar surface area (TPSA) is 35.0 Å². The van der Waals surface area contributed by atoms with Crippen LogP contribution < -0.4 is 4.74 Å². The van der Waals surface area contributed by atoms with Crippen LogP contribution >= 0.6 is 11.8 Å². The number of nitrogens with zero attached hydrogens (tertiary/aromatic N) is 2. The molecule has 4 heteroatoms. The van der Waals surface area contributed by atoms with Gasteiger partial charge in [-0.2, -0.15) is 0 Å². The molecule has 4 aromatic rings. The van der Waals surface area contributed by atoms with E-state index < -0.39 is 0 Å². The number of para-hydroxylation sites is 1. The van der Waals surface area contributed by atoms with Gasteiger partial charge in [0, 0.05) is 34.6 Å². The molecule has 0 aliphatic heterocycles. The van der Waals surface area contributed by atoms with Gasteiger partial charge in [0.25, 0.3) is 0 Å². The van der Waals surface area contributed by atoms with E-state index >= 15 is 0 Å². The number of rotatable bonds is 4. The Kier molecular flexibility index (Phi) is 6.82. The molecule has 2 heterocycles. The lowest BCUT2D eigenvalue weighted by Gasteiger charge is -2.03. The molecule has 0 saturated heterocycles. The Morgan fingerprint density at radius 2 is 0.962 bits per heavy atom. The molecule has 0 fully saturated rings. The van der Waals surface area contributed by atoms with Gasteiger partial charge in [-0.05, 0) is 48.5 Å². The SMILES string of the molecule is c1ccc(Oc2ccncc2)cc1.c1ccc(Sc2ccncc2)cc1. The highest BCUT2D eigenvalue weighted by Crippen LogP contribution is 2.26. The Morgan fingerprint density at radius 3 is 1.58 bits per heavy atom. The van der Waals surface area contributed by atoms with Gasteiger partial charge >= 0.3 is 0 Å². The van der Waals surface area contributed by atoms with E-state index in [9.17, 15) is 0 Å². The third kappa shape index (κ3) is 6.07. The van der Waals surface area contributed by atoms with Crippen molar-refractivity contribution in [1.29, 1.82) is 0 Å². The Labute approximate surface area is 157 Å². The first kappa shape index (κ1) is 17.7. The largest absolute Gasteiger partial charge is 0.457 e. The van der Waals surface area contributed by atoms with E-state index in [1.807, 2.05) is 85.2 Å². The fraction of sp³-hybridized carbons (Fsp3) is 0. The molecule has 128 valence electrons. The minimum atomic E-state index is 0.807. The second kappa shape index (κ2) is 10.0. The van der Waals surface area contributed by atoms with Gasteiger partial charge in [0.2, 0.25) is 0 Å². The van der Waals surface area contributed by atoms with E-state index in [-0.39, 0.29) is 0 Å². The van der Waals surface area contributed by atoms with E-state index in [4.69, 9.17) is 4.74 Å². The van der Waals surface area contributed by atoms with Crippen molar-refractivity contribution in [3.63, 3.8) is 0 Å². The molecule has 0 amide bonds.